The zero-order valence-corrected chi connectivity index (χ0v) is 23.8. The average molecular weight is 552 g/mol. The summed E-state index contributed by atoms with van der Waals surface area (Å²) in [5, 5.41) is 4.51. The lowest BCUT2D eigenvalue weighted by Crippen LogP contribution is -2.46. The number of halogens is 2. The molecule has 0 saturated carbocycles. The maximum absolute atomic E-state index is 13.8. The summed E-state index contributed by atoms with van der Waals surface area (Å²) in [6.45, 7) is 7.91. The standard InChI is InChI=1S/C28H36Cl2N2O3S/c1-27(2,3)35-26(33)32(4)18-20(19-9-11-22(29)23(30)17-19)10-12-25-28(13-15-31-16-14-28)21-7-5-6-8-24(21)36(25)34/h5-9,11,17,20,25,31H,10,12-16,18H2,1-4H3/t20-,25?,36?/m1/s1. The Labute approximate surface area is 227 Å². The summed E-state index contributed by atoms with van der Waals surface area (Å²) in [4.78, 5) is 15.4. The van der Waals surface area contributed by atoms with Crippen molar-refractivity contribution in [1.82, 2.24) is 10.2 Å². The van der Waals surface area contributed by atoms with E-state index in [1.807, 2.05) is 45.0 Å². The van der Waals surface area contributed by atoms with Gasteiger partial charge in [-0.05, 0) is 88.9 Å². The molecule has 1 N–H and O–H groups in total. The van der Waals surface area contributed by atoms with Crippen LogP contribution in [0.15, 0.2) is 47.4 Å². The fourth-order valence-electron chi connectivity index (χ4n) is 5.66. The molecule has 196 valence electrons. The molecule has 2 aromatic carbocycles. The fourth-order valence-corrected chi connectivity index (χ4v) is 8.10. The number of likely N-dealkylation sites (N-methyl/N-ethyl adjacent to an activating group) is 1. The number of nitrogens with zero attached hydrogens (tertiary/aromatic N) is 1. The highest BCUT2D eigenvalue weighted by molar-refractivity contribution is 7.86. The first-order valence-electron chi connectivity index (χ1n) is 12.6. The second-order valence-corrected chi connectivity index (χ2v) is 13.4. The Kier molecular flexibility index (Phi) is 8.40. The Bertz CT molecular complexity index is 1130. The molecule has 4 rings (SSSR count). The smallest absolute Gasteiger partial charge is 0.410 e. The van der Waals surface area contributed by atoms with Crippen LogP contribution in [0, 0.1) is 0 Å². The Morgan fingerprint density at radius 3 is 2.53 bits per heavy atom. The van der Waals surface area contributed by atoms with Gasteiger partial charge in [-0.25, -0.2) is 4.79 Å². The average Bonchev–Trinajstić information content (AvgIpc) is 3.05. The molecule has 0 aromatic heterocycles. The largest absolute Gasteiger partial charge is 0.444 e. The van der Waals surface area contributed by atoms with E-state index in [1.165, 1.54) is 5.56 Å². The summed E-state index contributed by atoms with van der Waals surface area (Å²) in [6.07, 6.45) is 3.16. The minimum absolute atomic E-state index is 0.00300. The highest BCUT2D eigenvalue weighted by Crippen LogP contribution is 2.50. The number of nitrogens with one attached hydrogen (secondary N) is 1. The van der Waals surface area contributed by atoms with Crippen LogP contribution >= 0.6 is 23.2 Å². The zero-order valence-electron chi connectivity index (χ0n) is 21.5. The zero-order chi connectivity index (χ0) is 26.1. The molecule has 1 amide bonds. The molecular weight excluding hydrogens is 515 g/mol. The second-order valence-electron chi connectivity index (χ2n) is 11.0. The number of carbonyl (C=O) groups is 1. The van der Waals surface area contributed by atoms with Crippen molar-refractivity contribution in [3.05, 3.63) is 63.6 Å². The number of benzene rings is 2. The molecular formula is C28H36Cl2N2O3S. The number of piperidine rings is 1. The summed E-state index contributed by atoms with van der Waals surface area (Å²) in [5.74, 6) is -0.00300. The van der Waals surface area contributed by atoms with Crippen molar-refractivity contribution in [3.63, 3.8) is 0 Å². The topological polar surface area (TPSA) is 58.6 Å². The number of ether oxygens (including phenoxy) is 1. The molecule has 2 aromatic rings. The Balaban J connectivity index is 1.59. The molecule has 0 aliphatic carbocycles. The normalized spacial score (nSPS) is 21.7. The van der Waals surface area contributed by atoms with Gasteiger partial charge in [-0.3, -0.25) is 4.21 Å². The van der Waals surface area contributed by atoms with Crippen LogP contribution in [-0.2, 0) is 21.0 Å². The molecule has 2 heterocycles. The van der Waals surface area contributed by atoms with Gasteiger partial charge in [0, 0.05) is 35.1 Å². The van der Waals surface area contributed by atoms with Crippen LogP contribution in [0.2, 0.25) is 10.0 Å². The minimum Gasteiger partial charge on any atom is -0.444 e. The van der Waals surface area contributed by atoms with E-state index in [1.54, 1.807) is 18.0 Å². The molecule has 0 radical (unpaired) electrons. The molecule has 1 spiro atoms. The van der Waals surface area contributed by atoms with Crippen LogP contribution in [0.5, 0.6) is 0 Å². The number of rotatable bonds is 6. The summed E-state index contributed by atoms with van der Waals surface area (Å²) >= 11 is 12.6. The molecule has 2 unspecified atom stereocenters. The lowest BCUT2D eigenvalue weighted by atomic mass is 9.69. The molecule has 0 bridgehead atoms. The Morgan fingerprint density at radius 1 is 1.17 bits per heavy atom. The summed E-state index contributed by atoms with van der Waals surface area (Å²) in [6, 6.07) is 13.9. The number of hydrogen-bond donors (Lipinski definition) is 1. The third-order valence-corrected chi connectivity index (χ3v) is 10.1. The van der Waals surface area contributed by atoms with Gasteiger partial charge in [0.1, 0.15) is 5.60 Å². The van der Waals surface area contributed by atoms with Crippen molar-refractivity contribution in [3.8, 4) is 0 Å². The van der Waals surface area contributed by atoms with Gasteiger partial charge in [0.15, 0.2) is 0 Å². The molecule has 2 aliphatic heterocycles. The van der Waals surface area contributed by atoms with Crippen molar-refractivity contribution >= 4 is 40.1 Å². The van der Waals surface area contributed by atoms with E-state index in [9.17, 15) is 9.00 Å². The lowest BCUT2D eigenvalue weighted by Gasteiger charge is -2.40. The predicted molar refractivity (Wildman–Crippen MR) is 148 cm³/mol. The maximum atomic E-state index is 13.8. The number of fused-ring (bicyclic) bond motifs is 2. The lowest BCUT2D eigenvalue weighted by molar-refractivity contribution is 0.0286. The molecule has 3 atom stereocenters. The van der Waals surface area contributed by atoms with Gasteiger partial charge in [-0.1, -0.05) is 47.5 Å². The van der Waals surface area contributed by atoms with E-state index in [-0.39, 0.29) is 22.7 Å². The van der Waals surface area contributed by atoms with Gasteiger partial charge in [0.05, 0.1) is 20.8 Å². The van der Waals surface area contributed by atoms with Gasteiger partial charge in [-0.15, -0.1) is 0 Å². The van der Waals surface area contributed by atoms with Crippen LogP contribution in [0.1, 0.15) is 63.5 Å². The fraction of sp³-hybridized carbons (Fsp3) is 0.536. The monoisotopic (exact) mass is 550 g/mol. The maximum Gasteiger partial charge on any atom is 0.410 e. The first-order valence-corrected chi connectivity index (χ1v) is 14.6. The van der Waals surface area contributed by atoms with Crippen LogP contribution < -0.4 is 5.32 Å². The predicted octanol–water partition coefficient (Wildman–Crippen LogP) is 6.54. The van der Waals surface area contributed by atoms with E-state index < -0.39 is 16.4 Å². The second kappa shape index (κ2) is 11.0. The van der Waals surface area contributed by atoms with E-state index in [4.69, 9.17) is 27.9 Å². The molecule has 1 saturated heterocycles. The van der Waals surface area contributed by atoms with Crippen LogP contribution in [0.4, 0.5) is 4.79 Å². The van der Waals surface area contributed by atoms with E-state index in [2.05, 4.69) is 17.4 Å². The van der Waals surface area contributed by atoms with Gasteiger partial charge in [0.25, 0.3) is 0 Å². The van der Waals surface area contributed by atoms with Gasteiger partial charge >= 0.3 is 6.09 Å². The van der Waals surface area contributed by atoms with Crippen molar-refractivity contribution in [2.24, 2.45) is 0 Å². The third-order valence-electron chi connectivity index (χ3n) is 7.40. The van der Waals surface area contributed by atoms with Crippen molar-refractivity contribution in [2.45, 2.75) is 73.5 Å². The SMILES string of the molecule is CN(C[C@@H](CCC1S(=O)c2ccccc2C12CCNCC2)c1ccc(Cl)c(Cl)c1)C(=O)OC(C)(C)C. The molecule has 1 fully saturated rings. The van der Waals surface area contributed by atoms with E-state index in [0.717, 1.165) is 49.2 Å². The van der Waals surface area contributed by atoms with Crippen LogP contribution in [0.25, 0.3) is 0 Å². The number of carbonyl (C=O) groups excluding carboxylic acids is 1. The quantitative estimate of drug-likeness (QED) is 0.443. The number of amides is 1. The van der Waals surface area contributed by atoms with Gasteiger partial charge in [-0.2, -0.15) is 0 Å². The Morgan fingerprint density at radius 2 is 1.86 bits per heavy atom. The first kappa shape index (κ1) is 27.4. The van der Waals surface area contributed by atoms with E-state index in [0.29, 0.717) is 16.6 Å². The third kappa shape index (κ3) is 5.77. The van der Waals surface area contributed by atoms with Gasteiger partial charge < -0.3 is 15.0 Å². The van der Waals surface area contributed by atoms with Crippen LogP contribution in [-0.4, -0.2) is 52.7 Å². The minimum atomic E-state index is -1.07. The molecule has 36 heavy (non-hydrogen) atoms. The van der Waals surface area contributed by atoms with Crippen LogP contribution in [0.3, 0.4) is 0 Å². The highest BCUT2D eigenvalue weighted by atomic mass is 35.5. The van der Waals surface area contributed by atoms with Crippen molar-refractivity contribution in [2.75, 3.05) is 26.7 Å². The molecule has 8 heteroatoms. The first-order chi connectivity index (χ1) is 17.0. The summed E-state index contributed by atoms with van der Waals surface area (Å²) in [7, 11) is 0.692. The van der Waals surface area contributed by atoms with Crippen molar-refractivity contribution < 1.29 is 13.7 Å². The van der Waals surface area contributed by atoms with E-state index >= 15 is 0 Å². The Hall–Kier alpha value is -1.60. The summed E-state index contributed by atoms with van der Waals surface area (Å²) < 4.78 is 19.4. The van der Waals surface area contributed by atoms with Crippen molar-refractivity contribution in [1.29, 1.82) is 0 Å². The highest BCUT2D eigenvalue weighted by Gasteiger charge is 2.51. The molecule has 5 nitrogen and oxygen atoms in total. The summed E-state index contributed by atoms with van der Waals surface area (Å²) in [5.41, 5.74) is 1.62. The molecule has 2 aliphatic rings. The number of hydrogen-bond acceptors (Lipinski definition) is 4. The van der Waals surface area contributed by atoms with Gasteiger partial charge in [0.2, 0.25) is 0 Å².